The predicted molar refractivity (Wildman–Crippen MR) is 77.8 cm³/mol. The van der Waals surface area contributed by atoms with Gasteiger partial charge < -0.3 is 15.2 Å². The van der Waals surface area contributed by atoms with Crippen molar-refractivity contribution in [2.24, 2.45) is 0 Å². The fourth-order valence-electron chi connectivity index (χ4n) is 2.78. The van der Waals surface area contributed by atoms with Crippen molar-refractivity contribution >= 4 is 5.91 Å². The van der Waals surface area contributed by atoms with Gasteiger partial charge in [0.15, 0.2) is 0 Å². The maximum atomic E-state index is 12.0. The zero-order valence-corrected chi connectivity index (χ0v) is 11.9. The van der Waals surface area contributed by atoms with Gasteiger partial charge in [0.05, 0.1) is 6.61 Å². The molecule has 2 aliphatic rings. The monoisotopic (exact) mass is 291 g/mol. The number of hydrogen-bond donors (Lipinski definition) is 4. The smallest absolute Gasteiger partial charge is 0.238 e. The third kappa shape index (κ3) is 3.18. The van der Waals surface area contributed by atoms with E-state index in [1.165, 1.54) is 11.1 Å². The molecule has 0 spiro atoms. The van der Waals surface area contributed by atoms with Gasteiger partial charge in [-0.05, 0) is 30.0 Å². The van der Waals surface area contributed by atoms with Gasteiger partial charge in [0.1, 0.15) is 11.8 Å². The Bertz CT molecular complexity index is 521. The number of aliphatic hydroxyl groups is 1. The number of ether oxygens (including phenoxy) is 1. The van der Waals surface area contributed by atoms with E-state index in [1.807, 2.05) is 6.07 Å². The van der Waals surface area contributed by atoms with E-state index >= 15 is 0 Å². The van der Waals surface area contributed by atoms with Crippen molar-refractivity contribution in [2.45, 2.75) is 31.3 Å². The molecule has 21 heavy (non-hydrogen) atoms. The Kier molecular flexibility index (Phi) is 4.38. The number of benzene rings is 1. The van der Waals surface area contributed by atoms with Gasteiger partial charge in [0.2, 0.25) is 5.91 Å². The molecule has 0 aromatic heterocycles. The van der Waals surface area contributed by atoms with Crippen LogP contribution in [0.25, 0.3) is 0 Å². The molecule has 1 aromatic carbocycles. The van der Waals surface area contributed by atoms with Crippen molar-refractivity contribution in [3.63, 3.8) is 0 Å². The second-order valence-electron chi connectivity index (χ2n) is 5.46. The third-order valence-corrected chi connectivity index (χ3v) is 3.97. The molecule has 0 saturated carbocycles. The van der Waals surface area contributed by atoms with E-state index in [-0.39, 0.29) is 24.6 Å². The van der Waals surface area contributed by atoms with Gasteiger partial charge >= 0.3 is 0 Å². The molecule has 2 atom stereocenters. The highest BCUT2D eigenvalue weighted by Crippen LogP contribution is 2.30. The van der Waals surface area contributed by atoms with E-state index in [1.54, 1.807) is 0 Å². The summed E-state index contributed by atoms with van der Waals surface area (Å²) in [5.41, 5.74) is 8.65. The molecule has 1 aromatic rings. The first kappa shape index (κ1) is 14.3. The molecule has 1 amide bonds. The minimum Gasteiger partial charge on any atom is -0.493 e. The highest BCUT2D eigenvalue weighted by atomic mass is 16.5. The first-order valence-electron chi connectivity index (χ1n) is 7.43. The third-order valence-electron chi connectivity index (χ3n) is 3.97. The van der Waals surface area contributed by atoms with E-state index < -0.39 is 0 Å². The van der Waals surface area contributed by atoms with Gasteiger partial charge in [-0.1, -0.05) is 12.1 Å². The summed E-state index contributed by atoms with van der Waals surface area (Å²) in [6, 6.07) is 6.11. The van der Waals surface area contributed by atoms with Crippen LogP contribution in [-0.2, 0) is 11.2 Å². The fraction of sp³-hybridized carbons (Fsp3) is 0.533. The number of hydrogen-bond acceptors (Lipinski definition) is 5. The fourth-order valence-corrected chi connectivity index (χ4v) is 2.78. The summed E-state index contributed by atoms with van der Waals surface area (Å²) >= 11 is 0. The van der Waals surface area contributed by atoms with E-state index in [0.717, 1.165) is 18.8 Å². The van der Waals surface area contributed by atoms with Gasteiger partial charge in [-0.2, -0.15) is 0 Å². The lowest BCUT2D eigenvalue weighted by Crippen LogP contribution is -2.43. The average Bonchev–Trinajstić information content (AvgIpc) is 3.15. The van der Waals surface area contributed by atoms with Crippen molar-refractivity contribution < 1.29 is 14.6 Å². The second kappa shape index (κ2) is 6.43. The quantitative estimate of drug-likeness (QED) is 0.575. The molecule has 4 N–H and O–H groups in total. The number of amides is 1. The van der Waals surface area contributed by atoms with Crippen LogP contribution in [0.1, 0.15) is 30.0 Å². The van der Waals surface area contributed by atoms with Crippen LogP contribution in [0.2, 0.25) is 0 Å². The van der Waals surface area contributed by atoms with Crippen molar-refractivity contribution in [1.29, 1.82) is 0 Å². The van der Waals surface area contributed by atoms with Crippen LogP contribution in [0.5, 0.6) is 5.75 Å². The summed E-state index contributed by atoms with van der Waals surface area (Å²) in [4.78, 5) is 12.0. The molecule has 2 unspecified atom stereocenters. The lowest BCUT2D eigenvalue weighted by atomic mass is 9.99. The first-order valence-corrected chi connectivity index (χ1v) is 7.43. The van der Waals surface area contributed by atoms with Gasteiger partial charge in [0.25, 0.3) is 0 Å². The predicted octanol–water partition coefficient (Wildman–Crippen LogP) is 0.0277. The van der Waals surface area contributed by atoms with E-state index in [2.05, 4.69) is 28.3 Å². The number of fused-ring (bicyclic) bond motifs is 1. The number of hydrazine groups is 1. The number of carbonyl (C=O) groups is 1. The first-order chi connectivity index (χ1) is 10.3. The summed E-state index contributed by atoms with van der Waals surface area (Å²) in [6.07, 6.45) is 2.25. The maximum absolute atomic E-state index is 12.0. The number of carbonyl (C=O) groups excluding carboxylic acids is 1. The lowest BCUT2D eigenvalue weighted by molar-refractivity contribution is -0.122. The molecule has 6 heteroatoms. The second-order valence-corrected chi connectivity index (χ2v) is 5.46. The molecular weight excluding hydrogens is 270 g/mol. The van der Waals surface area contributed by atoms with E-state index in [0.29, 0.717) is 19.4 Å². The van der Waals surface area contributed by atoms with Crippen molar-refractivity contribution in [1.82, 2.24) is 16.2 Å². The van der Waals surface area contributed by atoms with Gasteiger partial charge in [-0.15, -0.1) is 0 Å². The molecule has 114 valence electrons. The Morgan fingerprint density at radius 2 is 2.33 bits per heavy atom. The Morgan fingerprint density at radius 3 is 3.19 bits per heavy atom. The van der Waals surface area contributed by atoms with Crippen LogP contribution in [-0.4, -0.2) is 36.8 Å². The summed E-state index contributed by atoms with van der Waals surface area (Å²) < 4.78 is 5.51. The standard InChI is InChI=1S/C15H21N3O3/c19-6-1-5-16-15(20)13-9-12(17-18-13)10-2-3-14-11(8-10)4-7-21-14/h2-3,8,12-13,17-19H,1,4-7,9H2,(H,16,20). The van der Waals surface area contributed by atoms with Gasteiger partial charge in [-0.25, -0.2) is 10.9 Å². The SMILES string of the molecule is O=C(NCCCO)C1CC(c2ccc3c(c2)CCO3)NN1. The topological polar surface area (TPSA) is 82.6 Å². The zero-order chi connectivity index (χ0) is 14.7. The van der Waals surface area contributed by atoms with E-state index in [4.69, 9.17) is 9.84 Å². The summed E-state index contributed by atoms with van der Waals surface area (Å²) in [6.45, 7) is 1.36. The molecule has 1 fully saturated rings. The largest absolute Gasteiger partial charge is 0.493 e. The summed E-state index contributed by atoms with van der Waals surface area (Å²) in [5.74, 6) is 0.950. The molecule has 0 aliphatic carbocycles. The molecule has 0 bridgehead atoms. The molecular formula is C15H21N3O3. The minimum absolute atomic E-state index is 0.0251. The molecule has 1 saturated heterocycles. The Hall–Kier alpha value is -1.63. The molecule has 6 nitrogen and oxygen atoms in total. The van der Waals surface area contributed by atoms with Crippen molar-refractivity contribution in [3.05, 3.63) is 29.3 Å². The molecule has 2 heterocycles. The Morgan fingerprint density at radius 1 is 1.43 bits per heavy atom. The molecule has 3 rings (SSSR count). The molecule has 2 aliphatic heterocycles. The van der Waals surface area contributed by atoms with Crippen molar-refractivity contribution in [2.75, 3.05) is 19.8 Å². The van der Waals surface area contributed by atoms with Crippen LogP contribution < -0.4 is 20.9 Å². The normalized spacial score (nSPS) is 23.7. The maximum Gasteiger partial charge on any atom is 0.238 e. The van der Waals surface area contributed by atoms with Crippen LogP contribution in [0.4, 0.5) is 0 Å². The summed E-state index contributed by atoms with van der Waals surface area (Å²) in [5, 5.41) is 11.5. The number of nitrogens with one attached hydrogen (secondary N) is 3. The zero-order valence-electron chi connectivity index (χ0n) is 11.9. The van der Waals surface area contributed by atoms with Gasteiger partial charge in [-0.3, -0.25) is 4.79 Å². The van der Waals surface area contributed by atoms with Gasteiger partial charge in [0, 0.05) is 25.6 Å². The van der Waals surface area contributed by atoms with Crippen molar-refractivity contribution in [3.8, 4) is 5.75 Å². The number of aliphatic hydroxyl groups excluding tert-OH is 1. The minimum atomic E-state index is -0.238. The Balaban J connectivity index is 1.58. The van der Waals surface area contributed by atoms with Crippen LogP contribution >= 0.6 is 0 Å². The van der Waals surface area contributed by atoms with Crippen LogP contribution in [0.3, 0.4) is 0 Å². The highest BCUT2D eigenvalue weighted by Gasteiger charge is 2.30. The van der Waals surface area contributed by atoms with Crippen LogP contribution in [0, 0.1) is 0 Å². The Labute approximate surface area is 123 Å². The highest BCUT2D eigenvalue weighted by molar-refractivity contribution is 5.82. The lowest BCUT2D eigenvalue weighted by Gasteiger charge is -2.11. The number of rotatable bonds is 5. The van der Waals surface area contributed by atoms with Crippen LogP contribution in [0.15, 0.2) is 18.2 Å². The molecule has 0 radical (unpaired) electrons. The van der Waals surface area contributed by atoms with E-state index in [9.17, 15) is 4.79 Å². The average molecular weight is 291 g/mol. The summed E-state index contributed by atoms with van der Waals surface area (Å²) in [7, 11) is 0.